The second-order valence-electron chi connectivity index (χ2n) is 5.59. The molecule has 0 heterocycles. The summed E-state index contributed by atoms with van der Waals surface area (Å²) >= 11 is 0. The van der Waals surface area contributed by atoms with Crippen LogP contribution in [0.2, 0.25) is 0 Å². The Balaban J connectivity index is 1.78. The van der Waals surface area contributed by atoms with Crippen LogP contribution in [0.3, 0.4) is 0 Å². The molecule has 3 aromatic rings. The summed E-state index contributed by atoms with van der Waals surface area (Å²) in [6, 6.07) is 17.8. The van der Waals surface area contributed by atoms with Crippen LogP contribution in [0, 0.1) is 0 Å². The van der Waals surface area contributed by atoms with Gasteiger partial charge in [-0.15, -0.1) is 0 Å². The fourth-order valence-corrected chi connectivity index (χ4v) is 2.72. The number of rotatable bonds is 6. The van der Waals surface area contributed by atoms with E-state index in [9.17, 15) is 9.59 Å². The van der Waals surface area contributed by atoms with Gasteiger partial charge in [-0.2, -0.15) is 0 Å². The first-order valence-corrected chi connectivity index (χ1v) is 8.04. The number of hydrogen-bond acceptors (Lipinski definition) is 5. The molecule has 0 aliphatic heterocycles. The van der Waals surface area contributed by atoms with Gasteiger partial charge in [-0.25, -0.2) is 4.79 Å². The van der Waals surface area contributed by atoms with Crippen molar-refractivity contribution in [3.8, 4) is 11.5 Å². The van der Waals surface area contributed by atoms with Crippen LogP contribution in [0.1, 0.15) is 20.7 Å². The van der Waals surface area contributed by atoms with Gasteiger partial charge in [0.2, 0.25) is 5.78 Å². The molecule has 0 unspecified atom stereocenters. The standard InChI is InChI=1S/C21H18O5/c1-24-15-10-11-20(25-2)18(12-15)19(22)13-26-21(23)17-9-5-7-14-6-3-4-8-16(14)17/h3-12H,13H2,1-2H3. The molecule has 0 aromatic heterocycles. The van der Waals surface area contributed by atoms with Gasteiger partial charge in [0, 0.05) is 0 Å². The molecule has 0 atom stereocenters. The van der Waals surface area contributed by atoms with Gasteiger partial charge >= 0.3 is 5.97 Å². The highest BCUT2D eigenvalue weighted by atomic mass is 16.5. The molecular formula is C21H18O5. The summed E-state index contributed by atoms with van der Waals surface area (Å²) in [5.41, 5.74) is 0.728. The number of carbonyl (C=O) groups is 2. The van der Waals surface area contributed by atoms with Crippen molar-refractivity contribution in [2.24, 2.45) is 0 Å². The molecule has 0 amide bonds. The smallest absolute Gasteiger partial charge is 0.339 e. The van der Waals surface area contributed by atoms with E-state index in [0.29, 0.717) is 22.6 Å². The first-order chi connectivity index (χ1) is 12.6. The zero-order chi connectivity index (χ0) is 18.5. The molecule has 0 aliphatic carbocycles. The van der Waals surface area contributed by atoms with Crippen LogP contribution in [-0.4, -0.2) is 32.6 Å². The highest BCUT2D eigenvalue weighted by Crippen LogP contribution is 2.25. The predicted molar refractivity (Wildman–Crippen MR) is 98.1 cm³/mol. The first kappa shape index (κ1) is 17.5. The van der Waals surface area contributed by atoms with Crippen LogP contribution in [0.15, 0.2) is 60.7 Å². The van der Waals surface area contributed by atoms with Crippen molar-refractivity contribution >= 4 is 22.5 Å². The monoisotopic (exact) mass is 350 g/mol. The van der Waals surface area contributed by atoms with Crippen LogP contribution >= 0.6 is 0 Å². The molecular weight excluding hydrogens is 332 g/mol. The number of esters is 1. The van der Waals surface area contributed by atoms with Crippen molar-refractivity contribution in [2.45, 2.75) is 0 Å². The second-order valence-corrected chi connectivity index (χ2v) is 5.59. The summed E-state index contributed by atoms with van der Waals surface area (Å²) in [6.45, 7) is -0.383. The molecule has 0 bridgehead atoms. The summed E-state index contributed by atoms with van der Waals surface area (Å²) < 4.78 is 15.6. The zero-order valence-electron chi connectivity index (χ0n) is 14.5. The molecule has 0 aliphatic rings. The summed E-state index contributed by atoms with van der Waals surface area (Å²) in [6.07, 6.45) is 0. The van der Waals surface area contributed by atoms with Gasteiger partial charge in [-0.1, -0.05) is 36.4 Å². The molecule has 26 heavy (non-hydrogen) atoms. The minimum atomic E-state index is -0.544. The highest BCUT2D eigenvalue weighted by molar-refractivity contribution is 6.06. The van der Waals surface area contributed by atoms with E-state index in [1.54, 1.807) is 30.3 Å². The maximum atomic E-state index is 12.5. The van der Waals surface area contributed by atoms with Gasteiger partial charge in [0.05, 0.1) is 25.3 Å². The Bertz CT molecular complexity index is 956. The number of ketones is 1. The molecule has 0 spiro atoms. The maximum Gasteiger partial charge on any atom is 0.339 e. The van der Waals surface area contributed by atoms with Crippen molar-refractivity contribution < 1.29 is 23.8 Å². The van der Waals surface area contributed by atoms with Crippen molar-refractivity contribution in [3.63, 3.8) is 0 Å². The summed E-state index contributed by atoms with van der Waals surface area (Å²) in [4.78, 5) is 24.9. The lowest BCUT2D eigenvalue weighted by Crippen LogP contribution is -2.15. The molecule has 0 radical (unpaired) electrons. The number of Topliss-reactive ketones (excluding diaryl/α,β-unsaturated/α-hetero) is 1. The van der Waals surface area contributed by atoms with Crippen molar-refractivity contribution in [1.82, 2.24) is 0 Å². The molecule has 0 N–H and O–H groups in total. The minimum absolute atomic E-state index is 0.303. The third-order valence-electron chi connectivity index (χ3n) is 4.05. The van der Waals surface area contributed by atoms with E-state index < -0.39 is 5.97 Å². The van der Waals surface area contributed by atoms with Crippen LogP contribution < -0.4 is 9.47 Å². The van der Waals surface area contributed by atoms with Gasteiger partial charge in [-0.3, -0.25) is 4.79 Å². The van der Waals surface area contributed by atoms with Crippen molar-refractivity contribution in [3.05, 3.63) is 71.8 Å². The summed E-state index contributed by atoms with van der Waals surface area (Å²) in [7, 11) is 2.98. The fourth-order valence-electron chi connectivity index (χ4n) is 2.72. The molecule has 3 rings (SSSR count). The minimum Gasteiger partial charge on any atom is -0.497 e. The number of hydrogen-bond donors (Lipinski definition) is 0. The molecule has 132 valence electrons. The van der Waals surface area contributed by atoms with E-state index in [1.807, 2.05) is 30.3 Å². The van der Waals surface area contributed by atoms with Gasteiger partial charge in [0.1, 0.15) is 11.5 Å². The third kappa shape index (κ3) is 3.52. The maximum absolute atomic E-state index is 12.5. The number of ether oxygens (including phenoxy) is 3. The Labute approximate surface area is 151 Å². The van der Waals surface area contributed by atoms with E-state index >= 15 is 0 Å². The molecule has 0 saturated heterocycles. The Morgan fingerprint density at radius 1 is 0.846 bits per heavy atom. The van der Waals surface area contributed by atoms with Crippen LogP contribution in [-0.2, 0) is 4.74 Å². The Morgan fingerprint density at radius 2 is 1.62 bits per heavy atom. The fraction of sp³-hybridized carbons (Fsp3) is 0.143. The highest BCUT2D eigenvalue weighted by Gasteiger charge is 2.17. The number of methoxy groups -OCH3 is 2. The third-order valence-corrected chi connectivity index (χ3v) is 4.05. The van der Waals surface area contributed by atoms with Gasteiger partial charge < -0.3 is 14.2 Å². The normalized spacial score (nSPS) is 10.4. The van der Waals surface area contributed by atoms with Crippen LogP contribution in [0.25, 0.3) is 10.8 Å². The Morgan fingerprint density at radius 3 is 2.38 bits per heavy atom. The van der Waals surface area contributed by atoms with Gasteiger partial charge in [0.15, 0.2) is 6.61 Å². The first-order valence-electron chi connectivity index (χ1n) is 8.04. The van der Waals surface area contributed by atoms with E-state index in [2.05, 4.69) is 0 Å². The van der Waals surface area contributed by atoms with Gasteiger partial charge in [-0.05, 0) is 35.0 Å². The van der Waals surface area contributed by atoms with E-state index in [4.69, 9.17) is 14.2 Å². The summed E-state index contributed by atoms with van der Waals surface area (Å²) in [5.74, 6) is 0.0119. The Kier molecular flexibility index (Phi) is 5.17. The molecule has 0 fully saturated rings. The molecule has 5 nitrogen and oxygen atoms in total. The van der Waals surface area contributed by atoms with Crippen LogP contribution in [0.5, 0.6) is 11.5 Å². The number of fused-ring (bicyclic) bond motifs is 1. The lowest BCUT2D eigenvalue weighted by molar-refractivity contribution is 0.0476. The van der Waals surface area contributed by atoms with Gasteiger partial charge in [0.25, 0.3) is 0 Å². The van der Waals surface area contributed by atoms with Crippen molar-refractivity contribution in [2.75, 3.05) is 20.8 Å². The lowest BCUT2D eigenvalue weighted by Gasteiger charge is -2.10. The molecule has 0 saturated carbocycles. The van der Waals surface area contributed by atoms with Crippen molar-refractivity contribution in [1.29, 1.82) is 0 Å². The average Bonchev–Trinajstić information content (AvgIpc) is 2.70. The number of benzene rings is 3. The van der Waals surface area contributed by atoms with E-state index in [1.165, 1.54) is 14.2 Å². The largest absolute Gasteiger partial charge is 0.497 e. The number of carbonyl (C=O) groups excluding carboxylic acids is 2. The Hall–Kier alpha value is -3.34. The second kappa shape index (κ2) is 7.70. The lowest BCUT2D eigenvalue weighted by atomic mass is 10.0. The van der Waals surface area contributed by atoms with Crippen LogP contribution in [0.4, 0.5) is 0 Å². The topological polar surface area (TPSA) is 61.8 Å². The summed E-state index contributed by atoms with van der Waals surface area (Å²) in [5, 5.41) is 1.72. The quantitative estimate of drug-likeness (QED) is 0.498. The van der Waals surface area contributed by atoms with E-state index in [-0.39, 0.29) is 12.4 Å². The molecule has 3 aromatic carbocycles. The average molecular weight is 350 g/mol. The SMILES string of the molecule is COc1ccc(OC)c(C(=O)COC(=O)c2cccc3ccccc23)c1. The molecule has 5 heteroatoms. The predicted octanol–water partition coefficient (Wildman–Crippen LogP) is 3.90. The zero-order valence-corrected chi connectivity index (χ0v) is 14.5. The van der Waals surface area contributed by atoms with E-state index in [0.717, 1.165) is 10.8 Å².